The van der Waals surface area contributed by atoms with Crippen molar-refractivity contribution in [3.63, 3.8) is 0 Å². The largest absolute Gasteiger partial charge is 0.288 e. The van der Waals surface area contributed by atoms with E-state index in [4.69, 9.17) is 12.2 Å². The van der Waals surface area contributed by atoms with Crippen molar-refractivity contribution >= 4 is 45.5 Å². The van der Waals surface area contributed by atoms with Gasteiger partial charge in [0.05, 0.1) is 6.04 Å². The van der Waals surface area contributed by atoms with Crippen molar-refractivity contribution in [1.29, 1.82) is 0 Å². The van der Waals surface area contributed by atoms with Crippen molar-refractivity contribution in [3.05, 3.63) is 22.4 Å². The van der Waals surface area contributed by atoms with Gasteiger partial charge in [0.1, 0.15) is 4.32 Å². The summed E-state index contributed by atoms with van der Waals surface area (Å²) >= 11 is 8.55. The van der Waals surface area contributed by atoms with Gasteiger partial charge in [-0.1, -0.05) is 43.9 Å². The van der Waals surface area contributed by atoms with Crippen LogP contribution in [0.5, 0.6) is 0 Å². The fraction of sp³-hybridized carbons (Fsp3) is 0.455. The van der Waals surface area contributed by atoms with E-state index >= 15 is 0 Å². The van der Waals surface area contributed by atoms with E-state index < -0.39 is 0 Å². The maximum absolute atomic E-state index is 12.1. The molecule has 1 fully saturated rings. The van der Waals surface area contributed by atoms with Gasteiger partial charge in [0.2, 0.25) is 5.91 Å². The van der Waals surface area contributed by atoms with Crippen LogP contribution in [0.25, 0.3) is 0 Å². The number of thiocarbonyl (C=S) groups is 1. The predicted octanol–water partition coefficient (Wildman–Crippen LogP) is 3.31. The lowest BCUT2D eigenvalue weighted by molar-refractivity contribution is -0.131. The van der Waals surface area contributed by atoms with Crippen molar-refractivity contribution in [3.8, 4) is 0 Å². The van der Waals surface area contributed by atoms with Gasteiger partial charge in [-0.3, -0.25) is 9.69 Å². The molecule has 1 saturated heterocycles. The Morgan fingerprint density at radius 1 is 1.62 bits per heavy atom. The lowest BCUT2D eigenvalue weighted by atomic mass is 10.1. The molecule has 1 aromatic rings. The highest BCUT2D eigenvalue weighted by atomic mass is 32.2. The first-order valence-corrected chi connectivity index (χ1v) is 7.42. The second-order valence-electron chi connectivity index (χ2n) is 3.97. The van der Waals surface area contributed by atoms with E-state index in [1.807, 2.05) is 25.3 Å². The second-order valence-corrected chi connectivity index (χ2v) is 6.60. The first-order chi connectivity index (χ1) is 7.61. The zero-order chi connectivity index (χ0) is 11.7. The first-order valence-electron chi connectivity index (χ1n) is 5.14. The number of rotatable bonds is 2. The Kier molecular flexibility index (Phi) is 3.66. The van der Waals surface area contributed by atoms with E-state index in [2.05, 4.69) is 6.07 Å². The molecule has 1 amide bonds. The summed E-state index contributed by atoms with van der Waals surface area (Å²) in [5, 5.41) is 2.04. The lowest BCUT2D eigenvalue weighted by Crippen LogP contribution is -2.36. The minimum Gasteiger partial charge on any atom is -0.288 e. The lowest BCUT2D eigenvalue weighted by Gasteiger charge is -2.24. The third kappa shape index (κ3) is 2.17. The zero-order valence-corrected chi connectivity index (χ0v) is 11.6. The fourth-order valence-electron chi connectivity index (χ4n) is 1.63. The number of nitrogens with zero attached hydrogens (tertiary/aromatic N) is 1. The van der Waals surface area contributed by atoms with Crippen LogP contribution in [0, 0.1) is 5.92 Å². The maximum Gasteiger partial charge on any atom is 0.231 e. The van der Waals surface area contributed by atoms with Crippen LogP contribution >= 0.6 is 35.3 Å². The van der Waals surface area contributed by atoms with Gasteiger partial charge < -0.3 is 0 Å². The van der Waals surface area contributed by atoms with Gasteiger partial charge in [0.25, 0.3) is 0 Å². The average molecular weight is 271 g/mol. The molecule has 0 bridgehead atoms. The number of amides is 1. The summed E-state index contributed by atoms with van der Waals surface area (Å²) in [5.41, 5.74) is 0. The fourth-order valence-corrected chi connectivity index (χ4v) is 3.96. The van der Waals surface area contributed by atoms with E-state index in [0.29, 0.717) is 0 Å². The van der Waals surface area contributed by atoms with Crippen molar-refractivity contribution in [2.24, 2.45) is 5.92 Å². The zero-order valence-electron chi connectivity index (χ0n) is 9.17. The molecule has 2 nitrogen and oxygen atoms in total. The third-order valence-electron chi connectivity index (χ3n) is 2.48. The predicted molar refractivity (Wildman–Crippen MR) is 73.8 cm³/mol. The molecule has 16 heavy (non-hydrogen) atoms. The molecule has 0 aromatic carbocycles. The molecule has 5 heteroatoms. The molecule has 1 atom stereocenters. The van der Waals surface area contributed by atoms with Gasteiger partial charge in [-0.25, -0.2) is 0 Å². The molecule has 0 saturated carbocycles. The Morgan fingerprint density at radius 3 is 2.94 bits per heavy atom. The third-order valence-corrected chi connectivity index (χ3v) is 4.93. The monoisotopic (exact) mass is 271 g/mol. The van der Waals surface area contributed by atoms with Crippen LogP contribution in [0.3, 0.4) is 0 Å². The highest BCUT2D eigenvalue weighted by Gasteiger charge is 2.36. The van der Waals surface area contributed by atoms with Crippen molar-refractivity contribution < 1.29 is 4.79 Å². The highest BCUT2D eigenvalue weighted by Crippen LogP contribution is 2.38. The van der Waals surface area contributed by atoms with Gasteiger partial charge in [0.15, 0.2) is 0 Å². The molecule has 1 aliphatic heterocycles. The van der Waals surface area contributed by atoms with Gasteiger partial charge in [-0.05, 0) is 11.4 Å². The van der Waals surface area contributed by atoms with Crippen molar-refractivity contribution in [2.75, 3.05) is 5.75 Å². The minimum absolute atomic E-state index is 0.000822. The number of hydrogen-bond donors (Lipinski definition) is 0. The highest BCUT2D eigenvalue weighted by molar-refractivity contribution is 8.23. The smallest absolute Gasteiger partial charge is 0.231 e. The van der Waals surface area contributed by atoms with E-state index in [1.54, 1.807) is 28.0 Å². The van der Waals surface area contributed by atoms with Gasteiger partial charge in [-0.15, -0.1) is 11.3 Å². The number of thiophene rings is 1. The van der Waals surface area contributed by atoms with Crippen molar-refractivity contribution in [1.82, 2.24) is 4.90 Å². The maximum atomic E-state index is 12.1. The molecule has 1 aromatic heterocycles. The minimum atomic E-state index is -0.000822. The second kappa shape index (κ2) is 4.85. The quantitative estimate of drug-likeness (QED) is 0.770. The normalized spacial score (nSPS) is 20.8. The van der Waals surface area contributed by atoms with Crippen LogP contribution in [0.1, 0.15) is 24.8 Å². The van der Waals surface area contributed by atoms with Crippen LogP contribution in [-0.4, -0.2) is 20.9 Å². The van der Waals surface area contributed by atoms with Crippen LogP contribution < -0.4 is 0 Å². The van der Waals surface area contributed by atoms with E-state index in [-0.39, 0.29) is 17.9 Å². The molecule has 2 rings (SSSR count). The molecule has 1 aliphatic rings. The van der Waals surface area contributed by atoms with Crippen LogP contribution in [0.2, 0.25) is 0 Å². The van der Waals surface area contributed by atoms with Crippen molar-refractivity contribution in [2.45, 2.75) is 19.9 Å². The standard InChI is InChI=1S/C11H13NOS3/c1-7(2)10(13)12-8(6-16-11(12)14)9-4-3-5-15-9/h3-5,7-8H,6H2,1-2H3/t8-/m0/s1. The van der Waals surface area contributed by atoms with E-state index in [9.17, 15) is 4.79 Å². The first kappa shape index (κ1) is 12.1. The Labute approximate surface area is 109 Å². The number of hydrogen-bond acceptors (Lipinski definition) is 4. The number of carbonyl (C=O) groups is 1. The summed E-state index contributed by atoms with van der Waals surface area (Å²) in [7, 11) is 0. The van der Waals surface area contributed by atoms with Gasteiger partial charge in [0, 0.05) is 16.5 Å². The Balaban J connectivity index is 2.26. The number of carbonyl (C=O) groups excluding carboxylic acids is 1. The van der Waals surface area contributed by atoms with Crippen LogP contribution in [0.15, 0.2) is 17.5 Å². The Morgan fingerprint density at radius 2 is 2.38 bits per heavy atom. The molecule has 0 aliphatic carbocycles. The van der Waals surface area contributed by atoms with E-state index in [0.717, 1.165) is 10.1 Å². The summed E-state index contributed by atoms with van der Waals surface area (Å²) < 4.78 is 0.720. The summed E-state index contributed by atoms with van der Waals surface area (Å²) in [5.74, 6) is 1.02. The molecule has 86 valence electrons. The molecule has 0 N–H and O–H groups in total. The summed E-state index contributed by atoms with van der Waals surface area (Å²) in [6.07, 6.45) is 0. The SMILES string of the molecule is CC(C)C(=O)N1C(=S)SC[C@H]1c1cccs1. The molecular weight excluding hydrogens is 258 g/mol. The van der Waals surface area contributed by atoms with Crippen LogP contribution in [0.4, 0.5) is 0 Å². The average Bonchev–Trinajstić information content (AvgIpc) is 2.84. The number of thioether (sulfide) groups is 1. The molecule has 2 heterocycles. The van der Waals surface area contributed by atoms with Crippen LogP contribution in [-0.2, 0) is 4.79 Å². The van der Waals surface area contributed by atoms with E-state index in [1.165, 1.54) is 4.88 Å². The summed E-state index contributed by atoms with van der Waals surface area (Å²) in [6, 6.07) is 4.24. The molecule has 0 spiro atoms. The van der Waals surface area contributed by atoms with Gasteiger partial charge >= 0.3 is 0 Å². The summed E-state index contributed by atoms with van der Waals surface area (Å²) in [6.45, 7) is 3.83. The molecular formula is C11H13NOS3. The molecule has 0 unspecified atom stereocenters. The topological polar surface area (TPSA) is 20.3 Å². The Bertz CT molecular complexity index is 399. The Hall–Kier alpha value is -0.390. The summed E-state index contributed by atoms with van der Waals surface area (Å²) in [4.78, 5) is 15.1. The van der Waals surface area contributed by atoms with Gasteiger partial charge in [-0.2, -0.15) is 0 Å². The molecule has 0 radical (unpaired) electrons.